The molecule has 1 fully saturated rings. The summed E-state index contributed by atoms with van der Waals surface area (Å²) in [6, 6.07) is 11.4. The molecule has 21 heavy (non-hydrogen) atoms. The van der Waals surface area contributed by atoms with E-state index < -0.39 is 0 Å². The molecule has 1 saturated heterocycles. The molecule has 0 spiro atoms. The molecule has 2 heterocycles. The van der Waals surface area contributed by atoms with E-state index in [1.54, 1.807) is 25.1 Å². The van der Waals surface area contributed by atoms with Gasteiger partial charge in [-0.2, -0.15) is 0 Å². The summed E-state index contributed by atoms with van der Waals surface area (Å²) < 4.78 is 10.6. The summed E-state index contributed by atoms with van der Waals surface area (Å²) in [5.74, 6) is 2.73. The molecular formula is C16H17NO3S. The Kier molecular flexibility index (Phi) is 4.20. The van der Waals surface area contributed by atoms with Crippen LogP contribution in [-0.4, -0.2) is 30.2 Å². The van der Waals surface area contributed by atoms with Crippen LogP contribution in [0.2, 0.25) is 0 Å². The fourth-order valence-corrected chi connectivity index (χ4v) is 3.64. The van der Waals surface area contributed by atoms with Crippen molar-refractivity contribution in [1.82, 2.24) is 4.90 Å². The Labute approximate surface area is 128 Å². The lowest BCUT2D eigenvalue weighted by atomic mass is 10.1. The van der Waals surface area contributed by atoms with Crippen molar-refractivity contribution in [3.8, 4) is 5.75 Å². The number of nitrogens with zero attached hydrogens (tertiary/aromatic N) is 1. The Morgan fingerprint density at radius 1 is 1.38 bits per heavy atom. The van der Waals surface area contributed by atoms with Crippen molar-refractivity contribution in [2.24, 2.45) is 0 Å². The minimum Gasteiger partial charge on any atom is -0.497 e. The quantitative estimate of drug-likeness (QED) is 0.870. The number of hydrogen-bond donors (Lipinski definition) is 0. The normalized spacial score (nSPS) is 18.0. The van der Waals surface area contributed by atoms with Crippen LogP contribution >= 0.6 is 11.8 Å². The second-order valence-electron chi connectivity index (χ2n) is 4.85. The molecule has 1 aromatic heterocycles. The Morgan fingerprint density at radius 2 is 2.19 bits per heavy atom. The smallest absolute Gasteiger partial charge is 0.228 e. The van der Waals surface area contributed by atoms with Gasteiger partial charge in [-0.3, -0.25) is 4.79 Å². The molecule has 1 amide bonds. The number of thioether (sulfide) groups is 1. The maximum absolute atomic E-state index is 12.5. The summed E-state index contributed by atoms with van der Waals surface area (Å²) in [7, 11) is 1.63. The number of rotatable bonds is 4. The van der Waals surface area contributed by atoms with E-state index >= 15 is 0 Å². The molecule has 1 unspecified atom stereocenters. The van der Waals surface area contributed by atoms with Crippen LogP contribution < -0.4 is 4.74 Å². The SMILES string of the molecule is COc1ccc(CC(=O)N2CCSC2c2ccco2)cc1. The number of hydrogen-bond acceptors (Lipinski definition) is 4. The number of carbonyl (C=O) groups is 1. The second-order valence-corrected chi connectivity index (χ2v) is 6.04. The van der Waals surface area contributed by atoms with Gasteiger partial charge < -0.3 is 14.1 Å². The molecule has 0 saturated carbocycles. The highest BCUT2D eigenvalue weighted by Crippen LogP contribution is 2.38. The maximum atomic E-state index is 12.5. The van der Waals surface area contributed by atoms with E-state index in [0.717, 1.165) is 29.4 Å². The molecule has 0 bridgehead atoms. The van der Waals surface area contributed by atoms with Crippen LogP contribution in [0.1, 0.15) is 16.7 Å². The zero-order chi connectivity index (χ0) is 14.7. The second kappa shape index (κ2) is 6.26. The first-order chi connectivity index (χ1) is 10.3. The molecule has 2 aromatic rings. The van der Waals surface area contributed by atoms with E-state index in [0.29, 0.717) is 6.42 Å². The molecule has 5 heteroatoms. The van der Waals surface area contributed by atoms with Crippen LogP contribution in [-0.2, 0) is 11.2 Å². The predicted molar refractivity (Wildman–Crippen MR) is 82.3 cm³/mol. The topological polar surface area (TPSA) is 42.7 Å². The summed E-state index contributed by atoms with van der Waals surface area (Å²) in [6.45, 7) is 0.769. The van der Waals surface area contributed by atoms with Gasteiger partial charge in [0.05, 0.1) is 19.8 Å². The van der Waals surface area contributed by atoms with Gasteiger partial charge >= 0.3 is 0 Å². The summed E-state index contributed by atoms with van der Waals surface area (Å²) >= 11 is 1.74. The van der Waals surface area contributed by atoms with Crippen molar-refractivity contribution in [2.75, 3.05) is 19.4 Å². The zero-order valence-corrected chi connectivity index (χ0v) is 12.6. The fourth-order valence-electron chi connectivity index (χ4n) is 2.41. The summed E-state index contributed by atoms with van der Waals surface area (Å²) in [5.41, 5.74) is 0.996. The molecule has 0 radical (unpaired) electrons. The third kappa shape index (κ3) is 3.08. The lowest BCUT2D eigenvalue weighted by molar-refractivity contribution is -0.130. The fraction of sp³-hybridized carbons (Fsp3) is 0.312. The average molecular weight is 303 g/mol. The molecular weight excluding hydrogens is 286 g/mol. The molecule has 1 atom stereocenters. The van der Waals surface area contributed by atoms with Gasteiger partial charge in [0.2, 0.25) is 5.91 Å². The summed E-state index contributed by atoms with van der Waals surface area (Å²) in [6.07, 6.45) is 2.06. The largest absolute Gasteiger partial charge is 0.497 e. The Morgan fingerprint density at radius 3 is 2.86 bits per heavy atom. The van der Waals surface area contributed by atoms with Gasteiger partial charge in [0.1, 0.15) is 16.9 Å². The Hall–Kier alpha value is -1.88. The number of benzene rings is 1. The highest BCUT2D eigenvalue weighted by molar-refractivity contribution is 7.99. The first-order valence-corrected chi connectivity index (χ1v) is 7.90. The molecule has 1 aromatic carbocycles. The van der Waals surface area contributed by atoms with Crippen LogP contribution in [0.25, 0.3) is 0 Å². The molecule has 1 aliphatic heterocycles. The van der Waals surface area contributed by atoms with Gasteiger partial charge in [-0.15, -0.1) is 11.8 Å². The van der Waals surface area contributed by atoms with Gasteiger partial charge in [0.15, 0.2) is 0 Å². The third-order valence-corrected chi connectivity index (χ3v) is 4.73. The van der Waals surface area contributed by atoms with Gasteiger partial charge in [-0.05, 0) is 29.8 Å². The number of amides is 1. The van der Waals surface area contributed by atoms with Crippen molar-refractivity contribution < 1.29 is 13.9 Å². The molecule has 0 N–H and O–H groups in total. The Balaban J connectivity index is 1.69. The van der Waals surface area contributed by atoms with Crippen LogP contribution in [0.15, 0.2) is 47.1 Å². The predicted octanol–water partition coefficient (Wildman–Crippen LogP) is 3.10. The molecule has 1 aliphatic rings. The maximum Gasteiger partial charge on any atom is 0.228 e. The van der Waals surface area contributed by atoms with E-state index in [1.807, 2.05) is 41.3 Å². The monoisotopic (exact) mass is 303 g/mol. The van der Waals surface area contributed by atoms with Gasteiger partial charge in [0, 0.05) is 12.3 Å². The zero-order valence-electron chi connectivity index (χ0n) is 11.8. The van der Waals surface area contributed by atoms with E-state index in [4.69, 9.17) is 9.15 Å². The standard InChI is InChI=1S/C16H17NO3S/c1-19-13-6-4-12(5-7-13)11-15(18)17-8-10-21-16(17)14-3-2-9-20-14/h2-7,9,16H,8,10-11H2,1H3. The highest BCUT2D eigenvalue weighted by atomic mass is 32.2. The van der Waals surface area contributed by atoms with Gasteiger partial charge in [-0.1, -0.05) is 12.1 Å². The van der Waals surface area contributed by atoms with Crippen LogP contribution in [0, 0.1) is 0 Å². The molecule has 3 rings (SSSR count). The lowest BCUT2D eigenvalue weighted by Crippen LogP contribution is -2.31. The van der Waals surface area contributed by atoms with Crippen molar-refractivity contribution in [1.29, 1.82) is 0 Å². The number of ether oxygens (including phenoxy) is 1. The Bertz CT molecular complexity index is 594. The van der Waals surface area contributed by atoms with E-state index in [9.17, 15) is 4.79 Å². The van der Waals surface area contributed by atoms with Gasteiger partial charge in [-0.25, -0.2) is 0 Å². The van der Waals surface area contributed by atoms with Crippen molar-refractivity contribution in [3.05, 3.63) is 54.0 Å². The molecule has 0 aliphatic carbocycles. The highest BCUT2D eigenvalue weighted by Gasteiger charge is 2.32. The van der Waals surface area contributed by atoms with E-state index in [-0.39, 0.29) is 11.3 Å². The van der Waals surface area contributed by atoms with Crippen LogP contribution in [0.4, 0.5) is 0 Å². The number of methoxy groups -OCH3 is 1. The first-order valence-electron chi connectivity index (χ1n) is 6.85. The first kappa shape index (κ1) is 14.1. The molecule has 4 nitrogen and oxygen atoms in total. The average Bonchev–Trinajstić information content (AvgIpc) is 3.18. The van der Waals surface area contributed by atoms with E-state index in [2.05, 4.69) is 0 Å². The lowest BCUT2D eigenvalue weighted by Gasteiger charge is -2.22. The summed E-state index contributed by atoms with van der Waals surface area (Å²) in [5, 5.41) is 0.00532. The minimum atomic E-state index is 0.00532. The molecule has 110 valence electrons. The minimum absolute atomic E-state index is 0.00532. The van der Waals surface area contributed by atoms with E-state index in [1.165, 1.54) is 0 Å². The van der Waals surface area contributed by atoms with Crippen molar-refractivity contribution >= 4 is 17.7 Å². The number of carbonyl (C=O) groups excluding carboxylic acids is 1. The summed E-state index contributed by atoms with van der Waals surface area (Å²) in [4.78, 5) is 14.4. The van der Waals surface area contributed by atoms with Crippen molar-refractivity contribution in [3.63, 3.8) is 0 Å². The van der Waals surface area contributed by atoms with Gasteiger partial charge in [0.25, 0.3) is 0 Å². The van der Waals surface area contributed by atoms with Crippen LogP contribution in [0.5, 0.6) is 5.75 Å². The number of furan rings is 1. The third-order valence-electron chi connectivity index (χ3n) is 3.51. The van der Waals surface area contributed by atoms with Crippen molar-refractivity contribution in [2.45, 2.75) is 11.8 Å². The van der Waals surface area contributed by atoms with Crippen LogP contribution in [0.3, 0.4) is 0 Å².